The van der Waals surface area contributed by atoms with Crippen LogP contribution in [0, 0.1) is 5.82 Å². The summed E-state index contributed by atoms with van der Waals surface area (Å²) in [6, 6.07) is 20.5. The fourth-order valence-electron chi connectivity index (χ4n) is 4.75. The van der Waals surface area contributed by atoms with Gasteiger partial charge in [0.25, 0.3) is 0 Å². The molecule has 0 bridgehead atoms. The zero-order valence-electron chi connectivity index (χ0n) is 19.8. The Morgan fingerprint density at radius 1 is 0.944 bits per heavy atom. The summed E-state index contributed by atoms with van der Waals surface area (Å²) < 4.78 is 49.1. The van der Waals surface area contributed by atoms with Crippen molar-refractivity contribution in [2.24, 2.45) is 0 Å². The number of hydroxylamine groups is 2. The van der Waals surface area contributed by atoms with Crippen molar-refractivity contribution in [3.63, 3.8) is 0 Å². The van der Waals surface area contributed by atoms with E-state index in [1.165, 1.54) is 10.4 Å². The van der Waals surface area contributed by atoms with Crippen LogP contribution in [-0.4, -0.2) is 62.9 Å². The molecule has 2 aliphatic heterocycles. The molecule has 0 spiro atoms. The van der Waals surface area contributed by atoms with Crippen molar-refractivity contribution in [3.8, 4) is 11.5 Å². The van der Waals surface area contributed by atoms with E-state index in [0.29, 0.717) is 35.3 Å². The Kier molecular flexibility index (Phi) is 7.18. The number of benzene rings is 3. The number of hydrogen-bond donors (Lipinski definition) is 0. The summed E-state index contributed by atoms with van der Waals surface area (Å²) in [6.07, 6.45) is 0. The highest BCUT2D eigenvalue weighted by Gasteiger charge is 2.46. The van der Waals surface area contributed by atoms with Crippen LogP contribution in [0.15, 0.2) is 72.8 Å². The van der Waals surface area contributed by atoms with Gasteiger partial charge in [0.05, 0.1) is 18.3 Å². The molecule has 2 saturated heterocycles. The van der Waals surface area contributed by atoms with Crippen molar-refractivity contribution in [2.75, 3.05) is 44.7 Å². The van der Waals surface area contributed by atoms with E-state index in [2.05, 4.69) is 0 Å². The van der Waals surface area contributed by atoms with Gasteiger partial charge >= 0.3 is 0 Å². The molecule has 7 nitrogen and oxygen atoms in total. The Labute approximate surface area is 215 Å². The molecule has 5 rings (SSSR count). The number of hydrogen-bond acceptors (Lipinski definition) is 6. The van der Waals surface area contributed by atoms with Crippen LogP contribution in [0.2, 0.25) is 5.02 Å². The molecule has 0 amide bonds. The van der Waals surface area contributed by atoms with Crippen LogP contribution < -0.4 is 9.64 Å². The number of sulfonamides is 1. The lowest BCUT2D eigenvalue weighted by Gasteiger charge is -2.37. The molecule has 2 heterocycles. The molecular weight excluding hydrogens is 505 g/mol. The van der Waals surface area contributed by atoms with Gasteiger partial charge in [0.1, 0.15) is 22.6 Å². The molecule has 0 N–H and O–H groups in total. The van der Waals surface area contributed by atoms with Crippen molar-refractivity contribution < 1.29 is 22.4 Å². The lowest BCUT2D eigenvalue weighted by atomic mass is 10.0. The minimum absolute atomic E-state index is 0.0549. The van der Waals surface area contributed by atoms with Gasteiger partial charge in [0, 0.05) is 38.2 Å². The lowest BCUT2D eigenvalue weighted by Crippen LogP contribution is -2.52. The molecule has 0 aliphatic carbocycles. The number of para-hydroxylation sites is 1. The first-order valence-corrected chi connectivity index (χ1v) is 13.6. The summed E-state index contributed by atoms with van der Waals surface area (Å²) >= 11 is 5.96. The predicted molar refractivity (Wildman–Crippen MR) is 137 cm³/mol. The number of ether oxygens (including phenoxy) is 1. The molecule has 2 aliphatic rings. The van der Waals surface area contributed by atoms with Crippen molar-refractivity contribution in [1.82, 2.24) is 9.37 Å². The Bertz CT molecular complexity index is 1320. The number of nitrogens with zero attached hydrogens (tertiary/aromatic N) is 3. The summed E-state index contributed by atoms with van der Waals surface area (Å²) in [5.74, 6) is 0.912. The molecule has 0 radical (unpaired) electrons. The van der Waals surface area contributed by atoms with Crippen LogP contribution >= 0.6 is 11.6 Å². The van der Waals surface area contributed by atoms with Crippen LogP contribution in [0.4, 0.5) is 10.1 Å². The first-order valence-electron chi connectivity index (χ1n) is 11.7. The van der Waals surface area contributed by atoms with E-state index in [1.54, 1.807) is 54.6 Å². The first kappa shape index (κ1) is 25.0. The fraction of sp³-hybridized carbons (Fsp3) is 0.308. The van der Waals surface area contributed by atoms with Crippen LogP contribution in [-0.2, 0) is 14.9 Å². The Hall–Kier alpha value is -2.69. The molecule has 3 aromatic rings. The maximum absolute atomic E-state index is 14.2. The minimum Gasteiger partial charge on any atom is -0.457 e. The molecule has 36 heavy (non-hydrogen) atoms. The summed E-state index contributed by atoms with van der Waals surface area (Å²) in [6.45, 7) is 1.45. The summed E-state index contributed by atoms with van der Waals surface area (Å²) in [5, 5.41) is 1.43. The molecule has 0 saturated carbocycles. The van der Waals surface area contributed by atoms with Crippen LogP contribution in [0.5, 0.6) is 11.5 Å². The predicted octanol–water partition coefficient (Wildman–Crippen LogP) is 4.71. The molecular formula is C26H27ClFN3O4S. The third-order valence-electron chi connectivity index (χ3n) is 6.61. The SMILES string of the molecule is CN1OC[C@H](S(=O)(=O)N2CCN(c3ccccc3F)CC2)[C@H]1c1cccc(Oc2ccc(Cl)cc2)c1. The van der Waals surface area contributed by atoms with E-state index in [1.807, 2.05) is 29.2 Å². The number of piperazine rings is 1. The van der Waals surface area contributed by atoms with Crippen LogP contribution in [0.1, 0.15) is 11.6 Å². The minimum atomic E-state index is -3.69. The largest absolute Gasteiger partial charge is 0.457 e. The second kappa shape index (κ2) is 10.4. The monoisotopic (exact) mass is 531 g/mol. The van der Waals surface area contributed by atoms with Gasteiger partial charge in [-0.05, 0) is 54.1 Å². The van der Waals surface area contributed by atoms with E-state index in [9.17, 15) is 12.8 Å². The van der Waals surface area contributed by atoms with Gasteiger partial charge in [-0.1, -0.05) is 35.9 Å². The maximum atomic E-state index is 14.2. The number of halogens is 2. The van der Waals surface area contributed by atoms with Crippen LogP contribution in [0.3, 0.4) is 0 Å². The van der Waals surface area contributed by atoms with Gasteiger partial charge in [-0.15, -0.1) is 0 Å². The van der Waals surface area contributed by atoms with E-state index in [0.717, 1.165) is 5.56 Å². The summed E-state index contributed by atoms with van der Waals surface area (Å²) in [7, 11) is -1.95. The van der Waals surface area contributed by atoms with Gasteiger partial charge in [0.15, 0.2) is 0 Å². The van der Waals surface area contributed by atoms with Gasteiger partial charge in [-0.2, -0.15) is 9.37 Å². The smallest absolute Gasteiger partial charge is 0.221 e. The standard InChI is InChI=1S/C26H27ClFN3O4S/c1-29-26(19-5-4-6-22(17-19)35-21-11-9-20(27)10-12-21)25(18-34-29)36(32,33)31-15-13-30(14-16-31)24-8-3-2-7-23(24)28/h2-12,17,25-26H,13-16,18H2,1H3/t25-,26+/m0/s1. The third kappa shape index (κ3) is 5.07. The molecule has 2 atom stereocenters. The van der Waals surface area contributed by atoms with Crippen molar-refractivity contribution >= 4 is 27.3 Å². The van der Waals surface area contributed by atoms with Crippen LogP contribution in [0.25, 0.3) is 0 Å². The average Bonchev–Trinajstić information content (AvgIpc) is 3.28. The second-order valence-corrected chi connectivity index (χ2v) is 11.4. The zero-order valence-corrected chi connectivity index (χ0v) is 21.3. The highest BCUT2D eigenvalue weighted by atomic mass is 35.5. The summed E-state index contributed by atoms with van der Waals surface area (Å²) in [4.78, 5) is 7.58. The molecule has 0 aromatic heterocycles. The highest BCUT2D eigenvalue weighted by Crippen LogP contribution is 2.37. The normalized spacial score (nSPS) is 21.6. The van der Waals surface area contributed by atoms with E-state index < -0.39 is 21.3 Å². The fourth-order valence-corrected chi connectivity index (χ4v) is 6.82. The Morgan fingerprint density at radius 3 is 2.39 bits per heavy atom. The maximum Gasteiger partial charge on any atom is 0.221 e. The quantitative estimate of drug-likeness (QED) is 0.459. The molecule has 3 aromatic carbocycles. The van der Waals surface area contributed by atoms with Gasteiger partial charge in [0.2, 0.25) is 10.0 Å². The van der Waals surface area contributed by atoms with Gasteiger partial charge in [-0.25, -0.2) is 12.8 Å². The van der Waals surface area contributed by atoms with Crippen molar-refractivity contribution in [3.05, 3.63) is 89.2 Å². The number of rotatable bonds is 6. The molecule has 0 unspecified atom stereocenters. The highest BCUT2D eigenvalue weighted by molar-refractivity contribution is 7.89. The second-order valence-electron chi connectivity index (χ2n) is 8.84. The average molecular weight is 532 g/mol. The van der Waals surface area contributed by atoms with Gasteiger partial charge in [-0.3, -0.25) is 4.84 Å². The topological polar surface area (TPSA) is 62.3 Å². The molecule has 190 valence electrons. The molecule has 10 heteroatoms. The van der Waals surface area contributed by atoms with Crippen molar-refractivity contribution in [1.29, 1.82) is 0 Å². The number of anilines is 1. The Balaban J connectivity index is 1.32. The molecule has 2 fully saturated rings. The third-order valence-corrected chi connectivity index (χ3v) is 9.11. The zero-order chi connectivity index (χ0) is 25.3. The van der Waals surface area contributed by atoms with E-state index in [4.69, 9.17) is 21.2 Å². The Morgan fingerprint density at radius 2 is 1.67 bits per heavy atom. The van der Waals surface area contributed by atoms with Crippen molar-refractivity contribution in [2.45, 2.75) is 11.3 Å². The lowest BCUT2D eigenvalue weighted by molar-refractivity contribution is -0.110. The van der Waals surface area contributed by atoms with E-state index in [-0.39, 0.29) is 25.5 Å². The van der Waals surface area contributed by atoms with E-state index >= 15 is 0 Å². The summed E-state index contributed by atoms with van der Waals surface area (Å²) in [5.41, 5.74) is 1.27. The van der Waals surface area contributed by atoms with Gasteiger partial charge < -0.3 is 9.64 Å². The first-order chi connectivity index (χ1) is 17.3.